The minimum Gasteiger partial charge on any atom is -0.464 e. The van der Waals surface area contributed by atoms with E-state index in [1.807, 2.05) is 0 Å². The van der Waals surface area contributed by atoms with Gasteiger partial charge in [0.1, 0.15) is 5.58 Å². The SMILES string of the molecule is O=[N+]([O-])Cc1ccc2occc2c1. The first kappa shape index (κ1) is 7.79. The standard InChI is InChI=1S/C9H7NO3/c11-10(12)6-7-1-2-9-8(5-7)3-4-13-9/h1-5H,6H2. The maximum absolute atomic E-state index is 10.2. The maximum Gasteiger partial charge on any atom is 0.228 e. The van der Waals surface area contributed by atoms with Gasteiger partial charge in [0.25, 0.3) is 0 Å². The minimum atomic E-state index is -0.346. The Labute approximate surface area is 73.9 Å². The summed E-state index contributed by atoms with van der Waals surface area (Å²) in [5, 5.41) is 11.1. The van der Waals surface area contributed by atoms with Crippen LogP contribution in [0, 0.1) is 10.1 Å². The van der Waals surface area contributed by atoms with Crippen molar-refractivity contribution in [2.24, 2.45) is 0 Å². The van der Waals surface area contributed by atoms with Crippen LogP contribution >= 0.6 is 0 Å². The highest BCUT2D eigenvalue weighted by Crippen LogP contribution is 2.17. The number of furan rings is 1. The number of fused-ring (bicyclic) bond motifs is 1. The van der Waals surface area contributed by atoms with Gasteiger partial charge in [-0.25, -0.2) is 0 Å². The number of benzene rings is 1. The summed E-state index contributed by atoms with van der Waals surface area (Å²) in [4.78, 5) is 9.88. The van der Waals surface area contributed by atoms with Gasteiger partial charge >= 0.3 is 0 Å². The topological polar surface area (TPSA) is 56.3 Å². The zero-order chi connectivity index (χ0) is 9.26. The van der Waals surface area contributed by atoms with Gasteiger partial charge in [-0.05, 0) is 24.3 Å². The molecule has 13 heavy (non-hydrogen) atoms. The van der Waals surface area contributed by atoms with Gasteiger partial charge in [-0.3, -0.25) is 10.1 Å². The van der Waals surface area contributed by atoms with E-state index in [-0.39, 0.29) is 11.5 Å². The third kappa shape index (κ3) is 1.51. The first-order chi connectivity index (χ1) is 6.25. The number of nitrogens with zero attached hydrogens (tertiary/aromatic N) is 1. The molecule has 0 aliphatic rings. The highest BCUT2D eigenvalue weighted by Gasteiger charge is 2.03. The summed E-state index contributed by atoms with van der Waals surface area (Å²) in [6.07, 6.45) is 1.57. The molecular formula is C9H7NO3. The molecule has 0 atom stereocenters. The van der Waals surface area contributed by atoms with Crippen molar-refractivity contribution in [3.8, 4) is 0 Å². The summed E-state index contributed by atoms with van der Waals surface area (Å²) in [5.74, 6) is 0. The quantitative estimate of drug-likeness (QED) is 0.522. The van der Waals surface area contributed by atoms with Gasteiger partial charge in [-0.2, -0.15) is 0 Å². The predicted octanol–water partition coefficient (Wildman–Crippen LogP) is 2.21. The van der Waals surface area contributed by atoms with E-state index in [4.69, 9.17) is 4.42 Å². The molecule has 0 aliphatic heterocycles. The molecule has 0 N–H and O–H groups in total. The van der Waals surface area contributed by atoms with Gasteiger partial charge in [0, 0.05) is 15.9 Å². The molecule has 0 spiro atoms. The van der Waals surface area contributed by atoms with Gasteiger partial charge in [-0.15, -0.1) is 0 Å². The summed E-state index contributed by atoms with van der Waals surface area (Å²) >= 11 is 0. The average molecular weight is 177 g/mol. The summed E-state index contributed by atoms with van der Waals surface area (Å²) in [6, 6.07) is 7.00. The van der Waals surface area contributed by atoms with E-state index in [1.165, 1.54) is 0 Å². The van der Waals surface area contributed by atoms with Crippen molar-refractivity contribution in [1.29, 1.82) is 0 Å². The normalized spacial score (nSPS) is 10.5. The fourth-order valence-electron chi connectivity index (χ4n) is 1.26. The number of nitro groups is 1. The fourth-order valence-corrected chi connectivity index (χ4v) is 1.26. The molecule has 1 aromatic carbocycles. The molecule has 0 fully saturated rings. The second kappa shape index (κ2) is 2.90. The van der Waals surface area contributed by atoms with Gasteiger partial charge < -0.3 is 4.42 Å². The van der Waals surface area contributed by atoms with Crippen molar-refractivity contribution in [3.05, 3.63) is 46.2 Å². The molecule has 2 aromatic rings. The van der Waals surface area contributed by atoms with E-state index in [0.29, 0.717) is 5.56 Å². The Hall–Kier alpha value is -1.84. The van der Waals surface area contributed by atoms with Crippen molar-refractivity contribution in [1.82, 2.24) is 0 Å². The molecule has 0 saturated carbocycles. The molecule has 0 radical (unpaired) electrons. The number of hydrogen-bond acceptors (Lipinski definition) is 3. The van der Waals surface area contributed by atoms with Gasteiger partial charge in [0.15, 0.2) is 0 Å². The molecular weight excluding hydrogens is 170 g/mol. The second-order valence-corrected chi connectivity index (χ2v) is 2.78. The van der Waals surface area contributed by atoms with Crippen molar-refractivity contribution in [3.63, 3.8) is 0 Å². The lowest BCUT2D eigenvalue weighted by Crippen LogP contribution is -1.97. The monoisotopic (exact) mass is 177 g/mol. The maximum atomic E-state index is 10.2. The van der Waals surface area contributed by atoms with Crippen LogP contribution in [-0.4, -0.2) is 4.92 Å². The van der Waals surface area contributed by atoms with Crippen molar-refractivity contribution in [2.75, 3.05) is 0 Å². The third-order valence-corrected chi connectivity index (χ3v) is 1.83. The average Bonchev–Trinajstić information content (AvgIpc) is 2.49. The fraction of sp³-hybridized carbons (Fsp3) is 0.111. The molecule has 0 unspecified atom stereocenters. The summed E-state index contributed by atoms with van der Waals surface area (Å²) in [7, 11) is 0. The zero-order valence-electron chi connectivity index (χ0n) is 6.77. The first-order valence-electron chi connectivity index (χ1n) is 3.83. The first-order valence-corrected chi connectivity index (χ1v) is 3.83. The van der Waals surface area contributed by atoms with Crippen LogP contribution in [0.5, 0.6) is 0 Å². The predicted molar refractivity (Wildman–Crippen MR) is 46.9 cm³/mol. The summed E-state index contributed by atoms with van der Waals surface area (Å²) in [5.41, 5.74) is 1.45. The molecule has 66 valence electrons. The van der Waals surface area contributed by atoms with E-state index in [1.54, 1.807) is 30.5 Å². The largest absolute Gasteiger partial charge is 0.464 e. The summed E-state index contributed by atoms with van der Waals surface area (Å²) in [6.45, 7) is -0.138. The van der Waals surface area contributed by atoms with Crippen molar-refractivity contribution in [2.45, 2.75) is 6.54 Å². The van der Waals surface area contributed by atoms with Crippen LogP contribution in [0.25, 0.3) is 11.0 Å². The molecule has 1 heterocycles. The van der Waals surface area contributed by atoms with E-state index in [9.17, 15) is 10.1 Å². The molecule has 0 saturated heterocycles. The van der Waals surface area contributed by atoms with E-state index < -0.39 is 0 Å². The number of rotatable bonds is 2. The lowest BCUT2D eigenvalue weighted by atomic mass is 10.2. The van der Waals surface area contributed by atoms with Gasteiger partial charge in [-0.1, -0.05) is 0 Å². The third-order valence-electron chi connectivity index (χ3n) is 1.83. The lowest BCUT2D eigenvalue weighted by Gasteiger charge is -1.93. The van der Waals surface area contributed by atoms with Crippen LogP contribution in [0.3, 0.4) is 0 Å². The molecule has 0 aliphatic carbocycles. The van der Waals surface area contributed by atoms with Crippen LogP contribution in [-0.2, 0) is 6.54 Å². The lowest BCUT2D eigenvalue weighted by molar-refractivity contribution is -0.496. The van der Waals surface area contributed by atoms with Crippen molar-refractivity contribution >= 4 is 11.0 Å². The van der Waals surface area contributed by atoms with Crippen molar-refractivity contribution < 1.29 is 9.34 Å². The minimum absolute atomic E-state index is 0.138. The molecule has 0 amide bonds. The van der Waals surface area contributed by atoms with Crippen LogP contribution in [0.15, 0.2) is 34.9 Å². The Balaban J connectivity index is 2.42. The Morgan fingerprint density at radius 2 is 2.23 bits per heavy atom. The van der Waals surface area contributed by atoms with E-state index in [0.717, 1.165) is 11.0 Å². The highest BCUT2D eigenvalue weighted by molar-refractivity contribution is 5.77. The van der Waals surface area contributed by atoms with Crippen LogP contribution in [0.4, 0.5) is 0 Å². The number of hydrogen-bond donors (Lipinski definition) is 0. The summed E-state index contributed by atoms with van der Waals surface area (Å²) < 4.78 is 5.11. The van der Waals surface area contributed by atoms with Crippen LogP contribution < -0.4 is 0 Å². The molecule has 4 nitrogen and oxygen atoms in total. The Bertz CT molecular complexity index is 447. The van der Waals surface area contributed by atoms with Crippen LogP contribution in [0.1, 0.15) is 5.56 Å². The van der Waals surface area contributed by atoms with Gasteiger partial charge in [0.2, 0.25) is 6.54 Å². The van der Waals surface area contributed by atoms with Gasteiger partial charge in [0.05, 0.1) is 6.26 Å². The molecule has 0 bridgehead atoms. The Morgan fingerprint density at radius 3 is 3.00 bits per heavy atom. The van der Waals surface area contributed by atoms with E-state index >= 15 is 0 Å². The van der Waals surface area contributed by atoms with E-state index in [2.05, 4.69) is 0 Å². The van der Waals surface area contributed by atoms with Crippen LogP contribution in [0.2, 0.25) is 0 Å². The Kier molecular flexibility index (Phi) is 1.73. The second-order valence-electron chi connectivity index (χ2n) is 2.78. The smallest absolute Gasteiger partial charge is 0.228 e. The molecule has 4 heteroatoms. The zero-order valence-corrected chi connectivity index (χ0v) is 6.77. The Morgan fingerprint density at radius 1 is 1.38 bits per heavy atom. The molecule has 2 rings (SSSR count). The highest BCUT2D eigenvalue weighted by atomic mass is 16.6. The molecule has 1 aromatic heterocycles.